The molecule has 46 valence electrons. The van der Waals surface area contributed by atoms with E-state index in [1.165, 1.54) is 0 Å². The van der Waals surface area contributed by atoms with Crippen LogP contribution in [-0.2, 0) is 9.59 Å². The zero-order chi connectivity index (χ0) is 6.57. The van der Waals surface area contributed by atoms with Gasteiger partial charge in [-0.3, -0.25) is 9.59 Å². The number of hydrogen-bond acceptors (Lipinski definition) is 3. The van der Waals surface area contributed by atoms with Crippen molar-refractivity contribution in [2.24, 2.45) is 0 Å². The zero-order valence-corrected chi connectivity index (χ0v) is 4.81. The second-order valence-corrected chi connectivity index (χ2v) is 1.65. The van der Waals surface area contributed by atoms with Crippen LogP contribution in [0.1, 0.15) is 6.42 Å². The molecular formula is C4H5ClO3. The summed E-state index contributed by atoms with van der Waals surface area (Å²) in [6.07, 6.45) is -0.377. The van der Waals surface area contributed by atoms with Crippen LogP contribution in [0.15, 0.2) is 0 Å². The Morgan fingerprint density at radius 1 is 1.50 bits per heavy atom. The lowest BCUT2D eigenvalue weighted by atomic mass is 10.3. The Kier molecular flexibility index (Phi) is 3.39. The Balaban J connectivity index is 3.40. The molecule has 0 aliphatic carbocycles. The number of rotatable bonds is 3. The molecule has 0 aliphatic rings. The highest BCUT2D eigenvalue weighted by atomic mass is 35.5. The summed E-state index contributed by atoms with van der Waals surface area (Å²) in [5, 5.41) is 7.29. The SMILES string of the molecule is O=C(Cl)CC(=O)CO. The van der Waals surface area contributed by atoms with Gasteiger partial charge in [-0.05, 0) is 11.6 Å². The average Bonchev–Trinajstić information content (AvgIpc) is 1.65. The van der Waals surface area contributed by atoms with Gasteiger partial charge in [-0.25, -0.2) is 0 Å². The van der Waals surface area contributed by atoms with Crippen molar-refractivity contribution in [2.45, 2.75) is 6.42 Å². The van der Waals surface area contributed by atoms with Crippen LogP contribution in [0.25, 0.3) is 0 Å². The maximum Gasteiger partial charge on any atom is 0.229 e. The van der Waals surface area contributed by atoms with Crippen molar-refractivity contribution in [3.05, 3.63) is 0 Å². The first kappa shape index (κ1) is 7.59. The molecule has 0 bridgehead atoms. The Hall–Kier alpha value is -0.410. The molecule has 0 saturated carbocycles. The molecule has 0 radical (unpaired) electrons. The van der Waals surface area contributed by atoms with Crippen LogP contribution in [0.5, 0.6) is 0 Å². The van der Waals surface area contributed by atoms with Crippen LogP contribution in [-0.4, -0.2) is 22.7 Å². The first-order valence-corrected chi connectivity index (χ1v) is 2.35. The largest absolute Gasteiger partial charge is 0.389 e. The summed E-state index contributed by atoms with van der Waals surface area (Å²) in [6.45, 7) is -0.613. The number of aliphatic hydroxyl groups is 1. The van der Waals surface area contributed by atoms with E-state index in [1.807, 2.05) is 0 Å². The summed E-state index contributed by atoms with van der Waals surface area (Å²) >= 11 is 4.78. The summed E-state index contributed by atoms with van der Waals surface area (Å²) in [5.41, 5.74) is 0. The number of ketones is 1. The summed E-state index contributed by atoms with van der Waals surface area (Å²) in [4.78, 5) is 19.9. The van der Waals surface area contributed by atoms with Gasteiger partial charge in [-0.2, -0.15) is 0 Å². The van der Waals surface area contributed by atoms with Crippen LogP contribution in [0.4, 0.5) is 0 Å². The molecule has 0 amide bonds. The molecule has 0 aliphatic heterocycles. The Labute approximate surface area is 51.3 Å². The summed E-state index contributed by atoms with van der Waals surface area (Å²) < 4.78 is 0. The van der Waals surface area contributed by atoms with E-state index in [2.05, 4.69) is 0 Å². The third kappa shape index (κ3) is 3.77. The number of carbonyl (C=O) groups is 2. The molecule has 0 heterocycles. The number of Topliss-reactive ketones (excluding diaryl/α,β-unsaturated/α-hetero) is 1. The molecule has 0 aromatic rings. The van der Waals surface area contributed by atoms with E-state index in [4.69, 9.17) is 16.7 Å². The van der Waals surface area contributed by atoms with E-state index < -0.39 is 17.6 Å². The van der Waals surface area contributed by atoms with Crippen molar-refractivity contribution < 1.29 is 14.7 Å². The minimum Gasteiger partial charge on any atom is -0.389 e. The molecule has 0 fully saturated rings. The molecule has 0 spiro atoms. The Morgan fingerprint density at radius 3 is 2.12 bits per heavy atom. The van der Waals surface area contributed by atoms with Crippen molar-refractivity contribution in [3.63, 3.8) is 0 Å². The maximum atomic E-state index is 10.1. The molecule has 1 N–H and O–H groups in total. The van der Waals surface area contributed by atoms with Crippen LogP contribution < -0.4 is 0 Å². The van der Waals surface area contributed by atoms with Crippen LogP contribution >= 0.6 is 11.6 Å². The van der Waals surface area contributed by atoms with Gasteiger partial charge in [0.15, 0.2) is 5.78 Å². The van der Waals surface area contributed by atoms with Gasteiger partial charge in [-0.15, -0.1) is 0 Å². The van der Waals surface area contributed by atoms with E-state index in [1.54, 1.807) is 0 Å². The fourth-order valence-electron chi connectivity index (χ4n) is 0.211. The van der Waals surface area contributed by atoms with E-state index >= 15 is 0 Å². The summed E-state index contributed by atoms with van der Waals surface area (Å²) in [7, 11) is 0. The standard InChI is InChI=1S/C4H5ClO3/c5-4(8)1-3(7)2-6/h6H,1-2H2. The molecule has 0 saturated heterocycles. The van der Waals surface area contributed by atoms with Gasteiger partial charge in [-0.1, -0.05) is 0 Å². The highest BCUT2D eigenvalue weighted by molar-refractivity contribution is 6.64. The number of carbonyl (C=O) groups excluding carboxylic acids is 2. The molecule has 0 unspecified atom stereocenters. The molecule has 8 heavy (non-hydrogen) atoms. The van der Waals surface area contributed by atoms with Gasteiger partial charge in [0.1, 0.15) is 6.61 Å². The van der Waals surface area contributed by atoms with Crippen molar-refractivity contribution >= 4 is 22.6 Å². The van der Waals surface area contributed by atoms with Crippen molar-refractivity contribution in [3.8, 4) is 0 Å². The van der Waals surface area contributed by atoms with Crippen molar-refractivity contribution in [2.75, 3.05) is 6.61 Å². The van der Waals surface area contributed by atoms with E-state index in [9.17, 15) is 9.59 Å². The highest BCUT2D eigenvalue weighted by Gasteiger charge is 2.03. The summed E-state index contributed by atoms with van der Waals surface area (Å²) in [6, 6.07) is 0. The van der Waals surface area contributed by atoms with E-state index in [0.717, 1.165) is 0 Å². The molecule has 4 heteroatoms. The molecule has 0 atom stereocenters. The van der Waals surface area contributed by atoms with E-state index in [-0.39, 0.29) is 6.42 Å². The van der Waals surface area contributed by atoms with Crippen LogP contribution in [0, 0.1) is 0 Å². The van der Waals surface area contributed by atoms with Gasteiger partial charge in [0.2, 0.25) is 5.24 Å². The molecular weight excluding hydrogens is 131 g/mol. The molecule has 0 aromatic heterocycles. The lowest BCUT2D eigenvalue weighted by Crippen LogP contribution is -2.06. The van der Waals surface area contributed by atoms with Gasteiger partial charge in [0, 0.05) is 0 Å². The third-order valence-corrected chi connectivity index (χ3v) is 0.646. The Morgan fingerprint density at radius 2 is 2.00 bits per heavy atom. The highest BCUT2D eigenvalue weighted by Crippen LogP contribution is 1.87. The second kappa shape index (κ2) is 3.57. The molecule has 3 nitrogen and oxygen atoms in total. The molecule has 0 aromatic carbocycles. The lowest BCUT2D eigenvalue weighted by Gasteiger charge is -1.85. The topological polar surface area (TPSA) is 54.4 Å². The van der Waals surface area contributed by atoms with Gasteiger partial charge >= 0.3 is 0 Å². The maximum absolute atomic E-state index is 10.1. The van der Waals surface area contributed by atoms with Gasteiger partial charge < -0.3 is 5.11 Å². The minimum absolute atomic E-state index is 0.377. The lowest BCUT2D eigenvalue weighted by molar-refractivity contribution is -0.125. The number of hydrogen-bond donors (Lipinski definition) is 1. The average molecular weight is 137 g/mol. The van der Waals surface area contributed by atoms with Gasteiger partial charge in [0.25, 0.3) is 0 Å². The summed E-state index contributed by atoms with van der Waals surface area (Å²) in [5.74, 6) is -0.551. The van der Waals surface area contributed by atoms with Crippen molar-refractivity contribution in [1.29, 1.82) is 0 Å². The van der Waals surface area contributed by atoms with Crippen molar-refractivity contribution in [1.82, 2.24) is 0 Å². The number of aliphatic hydroxyl groups excluding tert-OH is 1. The quantitative estimate of drug-likeness (QED) is 0.428. The predicted molar refractivity (Wildman–Crippen MR) is 27.6 cm³/mol. The van der Waals surface area contributed by atoms with E-state index in [0.29, 0.717) is 0 Å². The zero-order valence-electron chi connectivity index (χ0n) is 4.06. The third-order valence-electron chi connectivity index (χ3n) is 0.513. The van der Waals surface area contributed by atoms with Gasteiger partial charge in [0.05, 0.1) is 6.42 Å². The fourth-order valence-corrected chi connectivity index (χ4v) is 0.360. The van der Waals surface area contributed by atoms with Crippen LogP contribution in [0.2, 0.25) is 0 Å². The first-order valence-electron chi connectivity index (χ1n) is 1.97. The first-order chi connectivity index (χ1) is 3.66. The molecule has 0 rings (SSSR count). The normalized spacial score (nSPS) is 8.75. The Bertz CT molecular complexity index is 110. The fraction of sp³-hybridized carbons (Fsp3) is 0.500. The second-order valence-electron chi connectivity index (χ2n) is 1.23. The minimum atomic E-state index is -0.732. The smallest absolute Gasteiger partial charge is 0.229 e. The van der Waals surface area contributed by atoms with Crippen LogP contribution in [0.3, 0.4) is 0 Å². The monoisotopic (exact) mass is 136 g/mol. The number of halogens is 1. The predicted octanol–water partition coefficient (Wildman–Crippen LogP) is -0.297.